The highest BCUT2D eigenvalue weighted by molar-refractivity contribution is 5.34. The van der Waals surface area contributed by atoms with E-state index in [0.29, 0.717) is 7.18 Å². The fourth-order valence-corrected chi connectivity index (χ4v) is 3.84. The molecule has 1 heterocycles. The first-order chi connectivity index (χ1) is 8.66. The van der Waals surface area contributed by atoms with Crippen molar-refractivity contribution >= 4 is 0 Å². The summed E-state index contributed by atoms with van der Waals surface area (Å²) in [6, 6.07) is 10.7. The third-order valence-corrected chi connectivity index (χ3v) is 4.69. The highest BCUT2D eigenvalue weighted by Gasteiger charge is 2.58. The van der Waals surface area contributed by atoms with Gasteiger partial charge in [0.2, 0.25) is 0 Å². The summed E-state index contributed by atoms with van der Waals surface area (Å²) in [6.45, 7) is 4.35. The van der Waals surface area contributed by atoms with Gasteiger partial charge in [-0.2, -0.15) is 0 Å². The molecular weight excluding hydrogens is 229 g/mol. The molecule has 2 fully saturated rings. The zero-order valence-electron chi connectivity index (χ0n) is 11.1. The van der Waals surface area contributed by atoms with Gasteiger partial charge in [0.15, 0.2) is 0 Å². The van der Waals surface area contributed by atoms with E-state index in [-0.39, 0.29) is 16.9 Å². The van der Waals surface area contributed by atoms with Gasteiger partial charge in [-0.25, -0.2) is 0 Å². The number of fused-ring (bicyclic) bond motifs is 1. The molecule has 1 aromatic carbocycles. The summed E-state index contributed by atoms with van der Waals surface area (Å²) in [6.07, 6.45) is 1.70. The fraction of sp³-hybridized carbons (Fsp3) is 0.600. The average Bonchev–Trinajstić information content (AvgIpc) is 2.82. The Labute approximate surface area is 108 Å². The molecule has 3 rings (SSSR count). The monoisotopic (exact) mass is 251 g/mol. The zero-order chi connectivity index (χ0) is 13.2. The van der Waals surface area contributed by atoms with Crippen LogP contribution in [0.1, 0.15) is 25.3 Å². The van der Waals surface area contributed by atoms with Gasteiger partial charge in [0.25, 0.3) is 0 Å². The maximum Gasteiger partial charge on any atom is 0.0785 e. The lowest BCUT2D eigenvalue weighted by Gasteiger charge is -2.37. The number of rotatable bonds is 1. The molecule has 0 spiro atoms. The molecule has 1 aliphatic heterocycles. The van der Waals surface area contributed by atoms with Crippen molar-refractivity contribution < 1.29 is 9.50 Å². The second-order valence-electron chi connectivity index (χ2n) is 5.67. The second-order valence-corrected chi connectivity index (χ2v) is 5.67. The van der Waals surface area contributed by atoms with Crippen LogP contribution in [-0.2, 0) is 5.41 Å². The van der Waals surface area contributed by atoms with Crippen molar-refractivity contribution in [2.75, 3.05) is 20.3 Å². The van der Waals surface area contributed by atoms with Gasteiger partial charge >= 0.3 is 0 Å². The Morgan fingerprint density at radius 2 is 1.83 bits per heavy atom. The molecule has 0 radical (unpaired) electrons. The summed E-state index contributed by atoms with van der Waals surface area (Å²) >= 11 is 0. The highest BCUT2D eigenvalue weighted by atomic mass is 19.1. The highest BCUT2D eigenvalue weighted by Crippen LogP contribution is 2.56. The lowest BCUT2D eigenvalue weighted by molar-refractivity contribution is 0.164. The molecule has 2 aliphatic rings. The number of alkyl halides is 1. The van der Waals surface area contributed by atoms with Crippen molar-refractivity contribution in [3.8, 4) is 0 Å². The molecule has 0 bridgehead atoms. The van der Waals surface area contributed by atoms with E-state index in [0.717, 1.165) is 25.9 Å². The molecule has 1 aromatic rings. The first kappa shape index (κ1) is 13.5. The largest absolute Gasteiger partial charge is 0.393 e. The number of halogens is 1. The van der Waals surface area contributed by atoms with Gasteiger partial charge in [0.1, 0.15) is 0 Å². The van der Waals surface area contributed by atoms with Crippen molar-refractivity contribution in [1.29, 1.82) is 0 Å². The Kier molecular flexibility index (Phi) is 3.74. The van der Waals surface area contributed by atoms with Crippen molar-refractivity contribution in [2.24, 2.45) is 5.41 Å². The molecule has 3 atom stereocenters. The van der Waals surface area contributed by atoms with E-state index in [1.54, 1.807) is 0 Å². The Bertz CT molecular complexity index is 397. The third-order valence-electron chi connectivity index (χ3n) is 4.69. The number of hydrogen-bond acceptors (Lipinski definition) is 2. The van der Waals surface area contributed by atoms with E-state index < -0.39 is 0 Å². The van der Waals surface area contributed by atoms with Gasteiger partial charge in [-0.1, -0.05) is 37.3 Å². The smallest absolute Gasteiger partial charge is 0.0785 e. The standard InChI is InChI=1S/C14H19NO.CH3F/c1-13-7-12(16)8-14(13,10-15-9-13)11-5-3-2-4-6-11;1-2/h2-6,12,15-16H,7-10H2,1H3;1H3/t12?,13-,14+;/m1./s1. The predicted octanol–water partition coefficient (Wildman–Crippen LogP) is 2.27. The van der Waals surface area contributed by atoms with Crippen molar-refractivity contribution in [3.05, 3.63) is 35.9 Å². The van der Waals surface area contributed by atoms with Crippen LogP contribution < -0.4 is 5.32 Å². The lowest BCUT2D eigenvalue weighted by Crippen LogP contribution is -2.38. The van der Waals surface area contributed by atoms with E-state index in [2.05, 4.69) is 42.6 Å². The minimum absolute atomic E-state index is 0.132. The van der Waals surface area contributed by atoms with Crippen LogP contribution in [0.4, 0.5) is 4.39 Å². The van der Waals surface area contributed by atoms with Gasteiger partial charge in [0, 0.05) is 18.5 Å². The van der Waals surface area contributed by atoms with Crippen molar-refractivity contribution in [3.63, 3.8) is 0 Å². The summed E-state index contributed by atoms with van der Waals surface area (Å²) in [5.74, 6) is 0. The first-order valence-corrected chi connectivity index (χ1v) is 6.48. The Morgan fingerprint density at radius 1 is 1.17 bits per heavy atom. The summed E-state index contributed by atoms with van der Waals surface area (Å²) < 4.78 is 9.50. The van der Waals surface area contributed by atoms with Crippen LogP contribution in [-0.4, -0.2) is 31.5 Å². The van der Waals surface area contributed by atoms with Gasteiger partial charge in [-0.05, 0) is 23.8 Å². The summed E-state index contributed by atoms with van der Waals surface area (Å²) in [5.41, 5.74) is 1.75. The molecule has 2 nitrogen and oxygen atoms in total. The summed E-state index contributed by atoms with van der Waals surface area (Å²) in [7, 11) is 0.500. The maximum absolute atomic E-state index is 10.00. The van der Waals surface area contributed by atoms with E-state index in [9.17, 15) is 9.50 Å². The molecular formula is C15H22FNO. The van der Waals surface area contributed by atoms with Crippen LogP contribution >= 0.6 is 0 Å². The number of nitrogens with one attached hydrogen (secondary N) is 1. The first-order valence-electron chi connectivity index (χ1n) is 6.48. The van der Waals surface area contributed by atoms with E-state index >= 15 is 0 Å². The minimum Gasteiger partial charge on any atom is -0.393 e. The molecule has 0 aromatic heterocycles. The third kappa shape index (κ3) is 1.86. The molecule has 3 heteroatoms. The van der Waals surface area contributed by atoms with Crippen LogP contribution in [0.5, 0.6) is 0 Å². The van der Waals surface area contributed by atoms with Crippen LogP contribution in [0.15, 0.2) is 30.3 Å². The zero-order valence-corrected chi connectivity index (χ0v) is 11.1. The van der Waals surface area contributed by atoms with Crippen molar-refractivity contribution in [2.45, 2.75) is 31.3 Å². The van der Waals surface area contributed by atoms with Crippen LogP contribution in [0, 0.1) is 5.41 Å². The predicted molar refractivity (Wildman–Crippen MR) is 71.4 cm³/mol. The normalized spacial score (nSPS) is 37.9. The topological polar surface area (TPSA) is 32.3 Å². The molecule has 1 saturated carbocycles. The second kappa shape index (κ2) is 4.98. The van der Waals surface area contributed by atoms with Crippen LogP contribution in [0.25, 0.3) is 0 Å². The molecule has 1 unspecified atom stereocenters. The number of aliphatic hydroxyl groups excluding tert-OH is 1. The molecule has 1 aliphatic carbocycles. The molecule has 2 N–H and O–H groups in total. The van der Waals surface area contributed by atoms with Gasteiger partial charge in [-0.3, -0.25) is 4.39 Å². The van der Waals surface area contributed by atoms with Gasteiger partial charge < -0.3 is 10.4 Å². The number of aliphatic hydroxyl groups is 1. The van der Waals surface area contributed by atoms with Crippen molar-refractivity contribution in [1.82, 2.24) is 5.32 Å². The van der Waals surface area contributed by atoms with E-state index in [1.807, 2.05) is 0 Å². The molecule has 100 valence electrons. The van der Waals surface area contributed by atoms with E-state index in [1.165, 1.54) is 5.56 Å². The van der Waals surface area contributed by atoms with Gasteiger partial charge in [0.05, 0.1) is 13.3 Å². The minimum atomic E-state index is -0.132. The Hall–Kier alpha value is -0.930. The Balaban J connectivity index is 0.000000574. The number of benzene rings is 1. The van der Waals surface area contributed by atoms with Crippen LogP contribution in [0.3, 0.4) is 0 Å². The molecule has 0 amide bonds. The maximum atomic E-state index is 10.00. The molecule has 1 saturated heterocycles. The SMILES string of the molecule is CF.C[C@@]12CNC[C@]1(c1ccccc1)CC(O)C2. The summed E-state index contributed by atoms with van der Waals surface area (Å²) in [4.78, 5) is 0. The van der Waals surface area contributed by atoms with Crippen LogP contribution in [0.2, 0.25) is 0 Å². The summed E-state index contributed by atoms with van der Waals surface area (Å²) in [5, 5.41) is 13.5. The fourth-order valence-electron chi connectivity index (χ4n) is 3.84. The van der Waals surface area contributed by atoms with Gasteiger partial charge in [-0.15, -0.1) is 0 Å². The average molecular weight is 251 g/mol. The number of hydrogen-bond donors (Lipinski definition) is 2. The quantitative estimate of drug-likeness (QED) is 0.802. The lowest BCUT2D eigenvalue weighted by atomic mass is 9.65. The molecule has 18 heavy (non-hydrogen) atoms. The Morgan fingerprint density at radius 3 is 2.50 bits per heavy atom. The van der Waals surface area contributed by atoms with E-state index in [4.69, 9.17) is 0 Å².